The first kappa shape index (κ1) is 47.2. The molecule has 0 radical (unpaired) electrons. The second kappa shape index (κ2) is 24.9. The lowest BCUT2D eigenvalue weighted by Crippen LogP contribution is -2.52. The first-order valence-electron chi connectivity index (χ1n) is 12.1. The monoisotopic (exact) mass is 682 g/mol. The van der Waals surface area contributed by atoms with E-state index < -0.39 is 126 Å². The number of rotatable bonds is 14. The number of aliphatic hydroxyl groups excluding tert-OH is 16. The first-order valence-corrected chi connectivity index (χ1v) is 13.6. The van der Waals surface area contributed by atoms with Crippen LogP contribution in [0.4, 0.5) is 0 Å². The normalized spacial score (nSPS) is 24.7. The number of phosphoric acid groups is 1. The molecular formula is C20H43O23P. The molecule has 0 aromatic rings. The Morgan fingerprint density at radius 3 is 1.39 bits per heavy atom. The van der Waals surface area contributed by atoms with Crippen LogP contribution in [0.15, 0.2) is 0 Å². The molecule has 1 fully saturated rings. The van der Waals surface area contributed by atoms with Crippen LogP contribution in [0, 0.1) is 0 Å². The van der Waals surface area contributed by atoms with Crippen molar-refractivity contribution in [2.24, 2.45) is 0 Å². The van der Waals surface area contributed by atoms with Crippen LogP contribution in [0.2, 0.25) is 0 Å². The highest BCUT2D eigenvalue weighted by Crippen LogP contribution is 2.35. The molecule has 1 heterocycles. The Bertz CT molecular complexity index is 766. The zero-order valence-corrected chi connectivity index (χ0v) is 23.7. The second-order valence-corrected chi connectivity index (χ2v) is 9.74. The van der Waals surface area contributed by atoms with Crippen molar-refractivity contribution in [2.45, 2.75) is 67.3 Å². The van der Waals surface area contributed by atoms with Gasteiger partial charge in [-0.3, -0.25) is 14.1 Å². The average Bonchev–Trinajstić information content (AvgIpc) is 3.01. The molecule has 266 valence electrons. The summed E-state index contributed by atoms with van der Waals surface area (Å²) in [7, 11) is -4.74. The van der Waals surface area contributed by atoms with E-state index in [4.69, 9.17) is 91.5 Å². The summed E-state index contributed by atoms with van der Waals surface area (Å²) in [6.07, 6.45) is -16.4. The third kappa shape index (κ3) is 20.7. The maximum atomic E-state index is 10.6. The van der Waals surface area contributed by atoms with Gasteiger partial charge in [-0.1, -0.05) is 0 Å². The predicted octanol–water partition coefficient (Wildman–Crippen LogP) is -10.9. The molecule has 1 rings (SSSR count). The predicted molar refractivity (Wildman–Crippen MR) is 135 cm³/mol. The summed E-state index contributed by atoms with van der Waals surface area (Å²) in [6, 6.07) is 0. The lowest BCUT2D eigenvalue weighted by Gasteiger charge is -2.31. The number of carbonyl (C=O) groups is 2. The van der Waals surface area contributed by atoms with E-state index in [0.717, 1.165) is 0 Å². The van der Waals surface area contributed by atoms with Crippen molar-refractivity contribution in [3.63, 3.8) is 0 Å². The van der Waals surface area contributed by atoms with Gasteiger partial charge in [-0.05, 0) is 0 Å². The summed E-state index contributed by atoms with van der Waals surface area (Å²) in [5.74, 6) is -1.96. The van der Waals surface area contributed by atoms with Gasteiger partial charge in [0.1, 0.15) is 74.3 Å². The molecule has 0 aromatic carbocycles. The zero-order valence-electron chi connectivity index (χ0n) is 22.8. The molecule has 0 aromatic heterocycles. The standard InChI is InChI=1S/C5H11O8P.C5H10O5.C5H12O5.C5H10O5/c6-1-3(7)5(9)4(8)2-13-14(10,11)12;6-2-1-10-5(9)4(8)3(2)7;2*6-1-3(8)5(10)4(9)2-7/h4-6,8-9H,1-2H2,(H2,10,11,12);2-9H,1H2;3-10H,1-2H2;3,5-8,10H,1-2H2/t4-,5-;2-,3+,4-,5?;3-,4+,5+;/m11../s1. The summed E-state index contributed by atoms with van der Waals surface area (Å²) in [4.78, 5) is 37.3. The summed E-state index contributed by atoms with van der Waals surface area (Å²) < 4.78 is 18.4. The molecule has 23 nitrogen and oxygen atoms in total. The minimum atomic E-state index is -4.74. The van der Waals surface area contributed by atoms with Crippen molar-refractivity contribution in [3.8, 4) is 0 Å². The van der Waals surface area contributed by atoms with E-state index in [9.17, 15) is 14.2 Å². The highest BCUT2D eigenvalue weighted by atomic mass is 31.2. The number of hydrogen-bond donors (Lipinski definition) is 18. The number of aliphatic hydroxyl groups is 16. The van der Waals surface area contributed by atoms with Gasteiger partial charge >= 0.3 is 7.82 Å². The van der Waals surface area contributed by atoms with E-state index in [1.807, 2.05) is 0 Å². The summed E-state index contributed by atoms with van der Waals surface area (Å²) >= 11 is 0. The number of carbonyl (C=O) groups excluding carboxylic acids is 2. The molecule has 3 unspecified atom stereocenters. The quantitative estimate of drug-likeness (QED) is 0.0756. The second-order valence-electron chi connectivity index (χ2n) is 8.51. The van der Waals surface area contributed by atoms with Crippen LogP contribution >= 0.6 is 7.82 Å². The number of ketones is 2. The number of hydrogen-bond acceptors (Lipinski definition) is 21. The minimum Gasteiger partial charge on any atom is -0.394 e. The van der Waals surface area contributed by atoms with Crippen LogP contribution in [0.5, 0.6) is 0 Å². The van der Waals surface area contributed by atoms with Gasteiger partial charge in [0.2, 0.25) is 0 Å². The molecule has 1 aliphatic heterocycles. The Morgan fingerprint density at radius 1 is 0.682 bits per heavy atom. The Hall–Kier alpha value is -1.23. The average molecular weight is 683 g/mol. The van der Waals surface area contributed by atoms with Crippen molar-refractivity contribution in [2.75, 3.05) is 46.2 Å². The fraction of sp³-hybridized carbons (Fsp3) is 0.900. The van der Waals surface area contributed by atoms with E-state index in [1.165, 1.54) is 0 Å². The van der Waals surface area contributed by atoms with Gasteiger partial charge in [-0.15, -0.1) is 0 Å². The van der Waals surface area contributed by atoms with Crippen LogP contribution in [0.1, 0.15) is 0 Å². The summed E-state index contributed by atoms with van der Waals surface area (Å²) in [5.41, 5.74) is 0. The van der Waals surface area contributed by atoms with Crippen LogP contribution < -0.4 is 0 Å². The highest BCUT2D eigenvalue weighted by Gasteiger charge is 2.36. The molecule has 11 atom stereocenters. The van der Waals surface area contributed by atoms with E-state index in [2.05, 4.69) is 9.26 Å². The van der Waals surface area contributed by atoms with Gasteiger partial charge in [0, 0.05) is 0 Å². The molecule has 24 heteroatoms. The number of ether oxygens (including phenoxy) is 1. The van der Waals surface area contributed by atoms with Gasteiger partial charge in [0.25, 0.3) is 0 Å². The Morgan fingerprint density at radius 2 is 1.07 bits per heavy atom. The molecule has 0 saturated carbocycles. The van der Waals surface area contributed by atoms with Crippen molar-refractivity contribution in [3.05, 3.63) is 0 Å². The smallest absolute Gasteiger partial charge is 0.394 e. The highest BCUT2D eigenvalue weighted by molar-refractivity contribution is 7.46. The maximum absolute atomic E-state index is 10.6. The lowest BCUT2D eigenvalue weighted by molar-refractivity contribution is -0.252. The lowest BCUT2D eigenvalue weighted by atomic mass is 10.1. The van der Waals surface area contributed by atoms with Crippen molar-refractivity contribution in [1.29, 1.82) is 0 Å². The fourth-order valence-corrected chi connectivity index (χ4v) is 2.59. The molecule has 0 aliphatic carbocycles. The van der Waals surface area contributed by atoms with Crippen LogP contribution in [0.25, 0.3) is 0 Å². The number of phosphoric ester groups is 1. The van der Waals surface area contributed by atoms with Gasteiger partial charge in [0.15, 0.2) is 17.9 Å². The molecule has 0 amide bonds. The topological polar surface area (TPSA) is 434 Å². The zero-order chi connectivity index (χ0) is 35.4. The van der Waals surface area contributed by atoms with Crippen LogP contribution in [0.3, 0.4) is 0 Å². The fourth-order valence-electron chi connectivity index (χ4n) is 2.24. The van der Waals surface area contributed by atoms with Gasteiger partial charge in [-0.2, -0.15) is 0 Å². The third-order valence-corrected chi connectivity index (χ3v) is 5.42. The molecule has 18 N–H and O–H groups in total. The molecule has 44 heavy (non-hydrogen) atoms. The van der Waals surface area contributed by atoms with Gasteiger partial charge in [0.05, 0.1) is 33.0 Å². The van der Waals surface area contributed by atoms with Gasteiger partial charge in [-0.25, -0.2) is 4.57 Å². The summed E-state index contributed by atoms with van der Waals surface area (Å²) in [5, 5.41) is 138. The van der Waals surface area contributed by atoms with Crippen molar-refractivity contribution < 1.29 is 115 Å². The Balaban J connectivity index is -0.000000515. The Labute approximate surface area is 248 Å². The maximum Gasteiger partial charge on any atom is 0.469 e. The molecule has 0 bridgehead atoms. The van der Waals surface area contributed by atoms with E-state index in [-0.39, 0.29) is 6.61 Å². The SMILES string of the molecule is O=C(CO)C(O)C(O)CO.O=C(CO)[C@@H](O)[C@H](O)COP(=O)(O)O.OC1OC[C@@H](O)[C@H](O)[C@H]1O.OC[C@@H](O)[C@H](O)[C@@H](O)CO. The first-order chi connectivity index (χ1) is 20.2. The van der Waals surface area contributed by atoms with E-state index in [0.29, 0.717) is 0 Å². The largest absolute Gasteiger partial charge is 0.469 e. The molecule has 0 spiro atoms. The summed E-state index contributed by atoms with van der Waals surface area (Å²) in [6.45, 7) is -4.85. The van der Waals surface area contributed by atoms with E-state index >= 15 is 0 Å². The van der Waals surface area contributed by atoms with Gasteiger partial charge < -0.3 is 96.2 Å². The third-order valence-electron chi connectivity index (χ3n) is 4.94. The molecule has 1 saturated heterocycles. The molecular weight excluding hydrogens is 639 g/mol. The minimum absolute atomic E-state index is 0.153. The van der Waals surface area contributed by atoms with Crippen LogP contribution in [-0.2, 0) is 23.4 Å². The molecule has 1 aliphatic rings. The van der Waals surface area contributed by atoms with Crippen molar-refractivity contribution in [1.82, 2.24) is 0 Å². The van der Waals surface area contributed by atoms with E-state index in [1.54, 1.807) is 0 Å². The Kier molecular flexibility index (Phi) is 26.7. The van der Waals surface area contributed by atoms with Crippen molar-refractivity contribution >= 4 is 19.4 Å². The number of Topliss-reactive ketones (excluding diaryl/α,β-unsaturated/α-hetero) is 2. The van der Waals surface area contributed by atoms with Crippen LogP contribution in [-0.4, -0.2) is 217 Å².